The number of non-ortho nitro benzene ring substituents is 2. The van der Waals surface area contributed by atoms with Gasteiger partial charge in [0.25, 0.3) is 11.4 Å². The predicted octanol–water partition coefficient (Wildman–Crippen LogP) is 5.34. The van der Waals surface area contributed by atoms with Crippen molar-refractivity contribution in [2.45, 2.75) is 41.5 Å². The van der Waals surface area contributed by atoms with Gasteiger partial charge >= 0.3 is 11.9 Å². The van der Waals surface area contributed by atoms with Gasteiger partial charge in [-0.1, -0.05) is 27.7 Å². The molecule has 0 unspecified atom stereocenters. The molecule has 0 radical (unpaired) electrons. The lowest BCUT2D eigenvalue weighted by Gasteiger charge is -2.02. The number of nitrogens with zero attached hydrogens (tertiary/aromatic N) is 2. The molecule has 10 nitrogen and oxygen atoms in total. The van der Waals surface area contributed by atoms with Gasteiger partial charge in [-0.2, -0.15) is 0 Å². The normalized spacial score (nSPS) is 8.74. The molecule has 2 aromatic rings. The Hall–Kier alpha value is -3.82. The number of ether oxygens (including phenoxy) is 1. The van der Waals surface area contributed by atoms with Gasteiger partial charge in [-0.3, -0.25) is 20.2 Å². The van der Waals surface area contributed by atoms with Crippen LogP contribution in [0.1, 0.15) is 59.5 Å². The number of aromatic carboxylic acids is 1. The highest BCUT2D eigenvalue weighted by atomic mass is 16.6. The number of rotatable bonds is 4. The van der Waals surface area contributed by atoms with E-state index in [-0.39, 0.29) is 16.9 Å². The van der Waals surface area contributed by atoms with Crippen LogP contribution in [0, 0.1) is 34.1 Å². The van der Waals surface area contributed by atoms with Gasteiger partial charge in [0.2, 0.25) is 0 Å². The van der Waals surface area contributed by atoms with Gasteiger partial charge in [-0.05, 0) is 37.1 Å². The van der Waals surface area contributed by atoms with Crippen molar-refractivity contribution >= 4 is 23.3 Å². The first kappa shape index (κ1) is 29.4. The topological polar surface area (TPSA) is 150 Å². The molecule has 31 heavy (non-hydrogen) atoms. The number of carbonyl (C=O) groups is 2. The van der Waals surface area contributed by atoms with Gasteiger partial charge in [0.15, 0.2) is 0 Å². The summed E-state index contributed by atoms with van der Waals surface area (Å²) >= 11 is 0. The largest absolute Gasteiger partial charge is 0.478 e. The van der Waals surface area contributed by atoms with E-state index in [9.17, 15) is 29.8 Å². The van der Waals surface area contributed by atoms with Crippen molar-refractivity contribution in [3.8, 4) is 0 Å². The van der Waals surface area contributed by atoms with Crippen molar-refractivity contribution in [3.05, 3.63) is 78.9 Å². The molecule has 0 bridgehead atoms. The lowest BCUT2D eigenvalue weighted by Crippen LogP contribution is -2.04. The molecule has 0 aliphatic carbocycles. The number of aryl methyl sites for hydroxylation is 2. The van der Waals surface area contributed by atoms with Gasteiger partial charge in [0.1, 0.15) is 0 Å². The number of hydrogen-bond acceptors (Lipinski definition) is 7. The lowest BCUT2D eigenvalue weighted by atomic mass is 10.1. The Labute approximate surface area is 180 Å². The van der Waals surface area contributed by atoms with E-state index in [1.165, 1.54) is 50.4 Å². The molecule has 1 N–H and O–H groups in total. The molecular weight excluding hydrogens is 408 g/mol. The third kappa shape index (κ3) is 9.48. The fraction of sp³-hybridized carbons (Fsp3) is 0.333. The maximum Gasteiger partial charge on any atom is 0.338 e. The summed E-state index contributed by atoms with van der Waals surface area (Å²) in [5, 5.41) is 29.3. The number of carbonyl (C=O) groups excluding carboxylic acids is 1. The van der Waals surface area contributed by atoms with Crippen LogP contribution in [0.4, 0.5) is 11.4 Å². The van der Waals surface area contributed by atoms with Gasteiger partial charge in [-0.25, -0.2) is 9.59 Å². The van der Waals surface area contributed by atoms with E-state index in [0.29, 0.717) is 16.7 Å². The van der Waals surface area contributed by atoms with Crippen LogP contribution >= 0.6 is 0 Å². The molecule has 2 rings (SSSR count). The second-order valence-corrected chi connectivity index (χ2v) is 5.31. The Kier molecular flexibility index (Phi) is 14.3. The minimum Gasteiger partial charge on any atom is -0.478 e. The molecule has 10 heteroatoms. The summed E-state index contributed by atoms with van der Waals surface area (Å²) in [7, 11) is 1.27. The highest BCUT2D eigenvalue weighted by Gasteiger charge is 2.13. The van der Waals surface area contributed by atoms with Crippen LogP contribution in [0.3, 0.4) is 0 Å². The number of esters is 1. The smallest absolute Gasteiger partial charge is 0.338 e. The molecule has 0 heterocycles. The van der Waals surface area contributed by atoms with Gasteiger partial charge in [-0.15, -0.1) is 0 Å². The van der Waals surface area contributed by atoms with E-state index >= 15 is 0 Å². The van der Waals surface area contributed by atoms with Crippen LogP contribution in [-0.2, 0) is 4.74 Å². The zero-order valence-corrected chi connectivity index (χ0v) is 18.7. The van der Waals surface area contributed by atoms with Crippen molar-refractivity contribution in [1.82, 2.24) is 0 Å². The molecule has 0 spiro atoms. The maximum atomic E-state index is 11.1. The fourth-order valence-corrected chi connectivity index (χ4v) is 2.10. The standard InChI is InChI=1S/C9H9NO4.C8H7NO4.2C2H6/c1-6-5-7(10(12)13)3-4-8(6)9(11)14-2;1-5-4-6(9(12)13)2-3-7(5)8(10)11;2*1-2/h3-5H,1-2H3;2-4H,1H3,(H,10,11);2*1-2H3. The van der Waals surface area contributed by atoms with Crippen molar-refractivity contribution < 1.29 is 29.3 Å². The fourth-order valence-electron chi connectivity index (χ4n) is 2.10. The Morgan fingerprint density at radius 3 is 1.42 bits per heavy atom. The number of hydrogen-bond donors (Lipinski definition) is 1. The number of benzene rings is 2. The highest BCUT2D eigenvalue weighted by molar-refractivity contribution is 5.91. The predicted molar refractivity (Wildman–Crippen MR) is 117 cm³/mol. The summed E-state index contributed by atoms with van der Waals surface area (Å²) < 4.78 is 4.51. The molecule has 0 saturated heterocycles. The third-order valence-electron chi connectivity index (χ3n) is 3.48. The van der Waals surface area contributed by atoms with Gasteiger partial charge < -0.3 is 9.84 Å². The first-order valence-corrected chi connectivity index (χ1v) is 9.40. The molecular formula is C21H28N2O8. The summed E-state index contributed by atoms with van der Waals surface area (Å²) in [5.74, 6) is -1.57. The van der Waals surface area contributed by atoms with Crippen molar-refractivity contribution in [1.29, 1.82) is 0 Å². The zero-order valence-electron chi connectivity index (χ0n) is 18.7. The van der Waals surface area contributed by atoms with Crippen molar-refractivity contribution in [2.24, 2.45) is 0 Å². The molecule has 0 aliphatic rings. The maximum absolute atomic E-state index is 11.1. The second-order valence-electron chi connectivity index (χ2n) is 5.31. The van der Waals surface area contributed by atoms with Crippen LogP contribution in [-0.4, -0.2) is 34.0 Å². The van der Waals surface area contributed by atoms with E-state index in [2.05, 4.69) is 4.74 Å². The minimum absolute atomic E-state index is 0.0323. The minimum atomic E-state index is -1.08. The molecule has 0 atom stereocenters. The molecule has 0 fully saturated rings. The molecule has 0 aromatic heterocycles. The van der Waals surface area contributed by atoms with E-state index in [4.69, 9.17) is 5.11 Å². The number of nitro groups is 2. The molecule has 0 amide bonds. The summed E-state index contributed by atoms with van der Waals surface area (Å²) in [4.78, 5) is 41.3. The average Bonchev–Trinajstić information content (AvgIpc) is 2.76. The summed E-state index contributed by atoms with van der Waals surface area (Å²) in [6, 6.07) is 7.65. The van der Waals surface area contributed by atoms with E-state index in [1.807, 2.05) is 27.7 Å². The summed E-state index contributed by atoms with van der Waals surface area (Å²) in [5.41, 5.74) is 1.23. The second kappa shape index (κ2) is 15.1. The Balaban J connectivity index is 0. The Morgan fingerprint density at radius 1 is 0.806 bits per heavy atom. The quantitative estimate of drug-likeness (QED) is 0.383. The number of carboxylic acid groups (broad SMARTS) is 1. The third-order valence-corrected chi connectivity index (χ3v) is 3.48. The number of nitro benzene ring substituents is 2. The van der Waals surface area contributed by atoms with E-state index in [1.54, 1.807) is 6.92 Å². The highest BCUT2D eigenvalue weighted by Crippen LogP contribution is 2.18. The first-order chi connectivity index (χ1) is 14.6. The van der Waals surface area contributed by atoms with Crippen LogP contribution in [0.15, 0.2) is 36.4 Å². The Morgan fingerprint density at radius 2 is 1.16 bits per heavy atom. The number of carboxylic acids is 1. The van der Waals surface area contributed by atoms with E-state index < -0.39 is 21.8 Å². The molecule has 170 valence electrons. The Bertz CT molecular complexity index is 910. The molecule has 0 aliphatic heterocycles. The average molecular weight is 436 g/mol. The molecule has 0 saturated carbocycles. The SMILES string of the molecule is CC.CC.COC(=O)c1ccc([N+](=O)[O-])cc1C.Cc1cc([N+](=O)[O-])ccc1C(=O)O. The van der Waals surface area contributed by atoms with Crippen LogP contribution in [0.5, 0.6) is 0 Å². The van der Waals surface area contributed by atoms with Crippen molar-refractivity contribution in [3.63, 3.8) is 0 Å². The van der Waals surface area contributed by atoms with Crippen LogP contribution in [0.25, 0.3) is 0 Å². The summed E-state index contributed by atoms with van der Waals surface area (Å²) in [6.07, 6.45) is 0. The first-order valence-electron chi connectivity index (χ1n) is 9.40. The zero-order chi connectivity index (χ0) is 24.7. The van der Waals surface area contributed by atoms with Crippen LogP contribution < -0.4 is 0 Å². The molecule has 2 aromatic carbocycles. The van der Waals surface area contributed by atoms with Crippen LogP contribution in [0.2, 0.25) is 0 Å². The van der Waals surface area contributed by atoms with Gasteiger partial charge in [0, 0.05) is 24.3 Å². The lowest BCUT2D eigenvalue weighted by molar-refractivity contribution is -0.385. The van der Waals surface area contributed by atoms with Gasteiger partial charge in [0.05, 0.1) is 28.1 Å². The monoisotopic (exact) mass is 436 g/mol. The van der Waals surface area contributed by atoms with Crippen molar-refractivity contribution in [2.75, 3.05) is 7.11 Å². The number of methoxy groups -OCH3 is 1. The van der Waals surface area contributed by atoms with E-state index in [0.717, 1.165) is 0 Å². The summed E-state index contributed by atoms with van der Waals surface area (Å²) in [6.45, 7) is 11.1.